The molecule has 0 unspecified atom stereocenters. The average Bonchev–Trinajstić information content (AvgIpc) is 3.14. The van der Waals surface area contributed by atoms with Gasteiger partial charge < -0.3 is 15.1 Å². The fourth-order valence-corrected chi connectivity index (χ4v) is 3.59. The van der Waals surface area contributed by atoms with E-state index >= 15 is 0 Å². The number of guanidine groups is 1. The number of nitrogens with one attached hydrogen (secondary N) is 1. The highest BCUT2D eigenvalue weighted by Crippen LogP contribution is 2.14. The monoisotopic (exact) mass is 358 g/mol. The first-order valence-corrected chi connectivity index (χ1v) is 9.80. The van der Waals surface area contributed by atoms with Crippen molar-refractivity contribution in [3.05, 3.63) is 40.5 Å². The topological polar surface area (TPSA) is 56.7 Å². The third-order valence-corrected chi connectivity index (χ3v) is 5.22. The van der Waals surface area contributed by atoms with Crippen molar-refractivity contribution in [2.24, 2.45) is 4.99 Å². The number of rotatable bonds is 5. The minimum atomic E-state index is 0.638. The smallest absolute Gasteiger partial charge is 0.194 e. The number of aromatic nitrogens is 2. The Kier molecular flexibility index (Phi) is 6.22. The number of thiazole rings is 1. The van der Waals surface area contributed by atoms with E-state index in [0.717, 1.165) is 56.6 Å². The molecule has 25 heavy (non-hydrogen) atoms. The molecule has 1 aliphatic heterocycles. The minimum Gasteiger partial charge on any atom is -0.357 e. The zero-order chi connectivity index (χ0) is 17.5. The Hall–Kier alpha value is -2.15. The standard InChI is InChI=1S/C18H26N6S/c1-3-17-22-15(14-25-17)13-21-18(19-4-2)24-11-9-23(10-12-24)16-7-5-6-8-20-16/h5-8,14H,3-4,9-13H2,1-2H3,(H,19,21). The summed E-state index contributed by atoms with van der Waals surface area (Å²) in [6.45, 7) is 9.56. The normalized spacial score (nSPS) is 15.5. The van der Waals surface area contributed by atoms with Gasteiger partial charge >= 0.3 is 0 Å². The van der Waals surface area contributed by atoms with E-state index in [1.165, 1.54) is 5.01 Å². The highest BCUT2D eigenvalue weighted by Gasteiger charge is 2.20. The highest BCUT2D eigenvalue weighted by molar-refractivity contribution is 7.09. The molecule has 0 radical (unpaired) electrons. The maximum atomic E-state index is 4.79. The Balaban J connectivity index is 1.60. The van der Waals surface area contributed by atoms with Crippen LogP contribution < -0.4 is 10.2 Å². The molecule has 1 aliphatic rings. The van der Waals surface area contributed by atoms with Crippen molar-refractivity contribution in [3.8, 4) is 0 Å². The first-order chi connectivity index (χ1) is 12.3. The maximum absolute atomic E-state index is 4.79. The summed E-state index contributed by atoms with van der Waals surface area (Å²) in [7, 11) is 0. The van der Waals surface area contributed by atoms with Gasteiger partial charge in [-0.2, -0.15) is 0 Å². The Labute approximate surface area is 153 Å². The first-order valence-electron chi connectivity index (χ1n) is 8.92. The van der Waals surface area contributed by atoms with Gasteiger partial charge in [0.25, 0.3) is 0 Å². The van der Waals surface area contributed by atoms with Crippen molar-refractivity contribution in [3.63, 3.8) is 0 Å². The Bertz CT molecular complexity index is 676. The molecule has 1 fully saturated rings. The molecule has 0 saturated carbocycles. The van der Waals surface area contributed by atoms with Gasteiger partial charge in [0.15, 0.2) is 5.96 Å². The Morgan fingerprint density at radius 2 is 2.08 bits per heavy atom. The van der Waals surface area contributed by atoms with Gasteiger partial charge in [0.1, 0.15) is 5.82 Å². The minimum absolute atomic E-state index is 0.638. The van der Waals surface area contributed by atoms with E-state index in [9.17, 15) is 0 Å². The molecule has 2 aromatic heterocycles. The Morgan fingerprint density at radius 3 is 2.72 bits per heavy atom. The molecule has 0 aliphatic carbocycles. The second-order valence-corrected chi connectivity index (χ2v) is 6.86. The molecule has 0 aromatic carbocycles. The lowest BCUT2D eigenvalue weighted by molar-refractivity contribution is 0.371. The lowest BCUT2D eigenvalue weighted by Gasteiger charge is -2.37. The van der Waals surface area contributed by atoms with E-state index in [-0.39, 0.29) is 0 Å². The number of hydrogen-bond acceptors (Lipinski definition) is 5. The molecule has 0 atom stereocenters. The highest BCUT2D eigenvalue weighted by atomic mass is 32.1. The molecule has 0 amide bonds. The fourth-order valence-electron chi connectivity index (χ4n) is 2.85. The van der Waals surface area contributed by atoms with Crippen LogP contribution in [0.25, 0.3) is 0 Å². The van der Waals surface area contributed by atoms with Crippen LogP contribution in [0, 0.1) is 0 Å². The van der Waals surface area contributed by atoms with Crippen LogP contribution in [0.1, 0.15) is 24.5 Å². The van der Waals surface area contributed by atoms with Crippen molar-refractivity contribution in [1.29, 1.82) is 0 Å². The molecular weight excluding hydrogens is 332 g/mol. The van der Waals surface area contributed by atoms with Crippen LogP contribution in [0.5, 0.6) is 0 Å². The summed E-state index contributed by atoms with van der Waals surface area (Å²) in [5.41, 5.74) is 1.06. The predicted octanol–water partition coefficient (Wildman–Crippen LogP) is 2.39. The van der Waals surface area contributed by atoms with Gasteiger partial charge in [-0.25, -0.2) is 15.0 Å². The molecule has 0 bridgehead atoms. The van der Waals surface area contributed by atoms with Gasteiger partial charge in [-0.05, 0) is 25.5 Å². The third-order valence-electron chi connectivity index (χ3n) is 4.18. The number of piperazine rings is 1. The zero-order valence-electron chi connectivity index (χ0n) is 15.0. The zero-order valence-corrected chi connectivity index (χ0v) is 15.8. The van der Waals surface area contributed by atoms with E-state index in [1.54, 1.807) is 11.3 Å². The summed E-state index contributed by atoms with van der Waals surface area (Å²) in [6.07, 6.45) is 2.84. The van der Waals surface area contributed by atoms with Crippen LogP contribution in [0.2, 0.25) is 0 Å². The van der Waals surface area contributed by atoms with E-state index in [0.29, 0.717) is 6.54 Å². The van der Waals surface area contributed by atoms with Gasteiger partial charge in [-0.1, -0.05) is 13.0 Å². The van der Waals surface area contributed by atoms with Crippen LogP contribution in [-0.4, -0.2) is 53.6 Å². The van der Waals surface area contributed by atoms with Crippen LogP contribution in [-0.2, 0) is 13.0 Å². The average molecular weight is 359 g/mol. The third kappa shape index (κ3) is 4.69. The molecule has 134 valence electrons. The van der Waals surface area contributed by atoms with Crippen LogP contribution >= 0.6 is 11.3 Å². The van der Waals surface area contributed by atoms with E-state index in [4.69, 9.17) is 4.99 Å². The number of anilines is 1. The summed E-state index contributed by atoms with van der Waals surface area (Å²) in [4.78, 5) is 18.5. The second kappa shape index (κ2) is 8.80. The molecule has 3 rings (SSSR count). The first kappa shape index (κ1) is 17.7. The molecule has 7 heteroatoms. The van der Waals surface area contributed by atoms with E-state index < -0.39 is 0 Å². The summed E-state index contributed by atoms with van der Waals surface area (Å²) in [6, 6.07) is 6.07. The number of pyridine rings is 1. The molecule has 0 spiro atoms. The van der Waals surface area contributed by atoms with E-state index in [2.05, 4.69) is 50.4 Å². The summed E-state index contributed by atoms with van der Waals surface area (Å²) in [5.74, 6) is 2.04. The SMILES string of the molecule is CCNC(=NCc1csc(CC)n1)N1CCN(c2ccccn2)CC1. The second-order valence-electron chi connectivity index (χ2n) is 5.92. The summed E-state index contributed by atoms with van der Waals surface area (Å²) in [5, 5.41) is 6.71. The molecule has 1 saturated heterocycles. The van der Waals surface area contributed by atoms with Crippen LogP contribution in [0.15, 0.2) is 34.8 Å². The number of aryl methyl sites for hydroxylation is 1. The number of nitrogens with zero attached hydrogens (tertiary/aromatic N) is 5. The number of hydrogen-bond donors (Lipinski definition) is 1. The molecule has 3 heterocycles. The van der Waals surface area contributed by atoms with Gasteiger partial charge in [0.05, 0.1) is 17.2 Å². The fraction of sp³-hybridized carbons (Fsp3) is 0.500. The molecule has 2 aromatic rings. The molecule has 1 N–H and O–H groups in total. The van der Waals surface area contributed by atoms with E-state index in [1.807, 2.05) is 18.3 Å². The van der Waals surface area contributed by atoms with Crippen molar-refractivity contribution in [1.82, 2.24) is 20.2 Å². The van der Waals surface area contributed by atoms with Crippen molar-refractivity contribution >= 4 is 23.1 Å². The quantitative estimate of drug-likeness (QED) is 0.657. The van der Waals surface area contributed by atoms with Gasteiger partial charge in [0.2, 0.25) is 0 Å². The van der Waals surface area contributed by atoms with Crippen molar-refractivity contribution < 1.29 is 0 Å². The van der Waals surface area contributed by atoms with Gasteiger partial charge in [0, 0.05) is 44.3 Å². The lowest BCUT2D eigenvalue weighted by Crippen LogP contribution is -2.52. The van der Waals surface area contributed by atoms with Crippen molar-refractivity contribution in [2.75, 3.05) is 37.6 Å². The predicted molar refractivity (Wildman–Crippen MR) is 104 cm³/mol. The van der Waals surface area contributed by atoms with Gasteiger partial charge in [-0.3, -0.25) is 0 Å². The van der Waals surface area contributed by atoms with Gasteiger partial charge in [-0.15, -0.1) is 11.3 Å². The largest absolute Gasteiger partial charge is 0.357 e. The van der Waals surface area contributed by atoms with Crippen LogP contribution in [0.4, 0.5) is 5.82 Å². The molecular formula is C18H26N6S. The van der Waals surface area contributed by atoms with Crippen LogP contribution in [0.3, 0.4) is 0 Å². The summed E-state index contributed by atoms with van der Waals surface area (Å²) >= 11 is 1.72. The summed E-state index contributed by atoms with van der Waals surface area (Å²) < 4.78 is 0. The lowest BCUT2D eigenvalue weighted by atomic mass is 10.3. The molecule has 6 nitrogen and oxygen atoms in total. The maximum Gasteiger partial charge on any atom is 0.194 e. The number of aliphatic imine (C=N–C) groups is 1. The van der Waals surface area contributed by atoms with Crippen molar-refractivity contribution in [2.45, 2.75) is 26.8 Å². The Morgan fingerprint density at radius 1 is 1.24 bits per heavy atom.